The average molecular weight is 317 g/mol. The normalized spacial score (nSPS) is 19.0. The van der Waals surface area contributed by atoms with Gasteiger partial charge in [0.15, 0.2) is 0 Å². The van der Waals surface area contributed by atoms with E-state index in [2.05, 4.69) is 5.32 Å². The molecule has 1 saturated heterocycles. The number of hydrogen-bond donors (Lipinski definition) is 1. The van der Waals surface area contributed by atoms with Crippen molar-refractivity contribution in [3.63, 3.8) is 0 Å². The Hall–Kier alpha value is -2.37. The third-order valence-corrected chi connectivity index (χ3v) is 3.61. The minimum absolute atomic E-state index is 0.194. The average Bonchev–Trinajstić information content (AvgIpc) is 2.47. The first-order valence-corrected chi connectivity index (χ1v) is 7.61. The molecule has 6 heteroatoms. The van der Waals surface area contributed by atoms with Gasteiger partial charge in [0.25, 0.3) is 0 Å². The van der Waals surface area contributed by atoms with Crippen LogP contribution in [0.4, 0.5) is 0 Å². The second-order valence-electron chi connectivity index (χ2n) is 6.86. The summed E-state index contributed by atoms with van der Waals surface area (Å²) in [5.74, 6) is -1.47. The highest BCUT2D eigenvalue weighted by Gasteiger charge is 2.41. The van der Waals surface area contributed by atoms with Crippen LogP contribution < -0.4 is 5.32 Å². The Labute approximate surface area is 136 Å². The molecule has 1 unspecified atom stereocenters. The maximum Gasteiger partial charge on any atom is 0.313 e. The van der Waals surface area contributed by atoms with E-state index < -0.39 is 23.4 Å². The maximum atomic E-state index is 12.6. The van der Waals surface area contributed by atoms with E-state index in [4.69, 9.17) is 0 Å². The molecular formula is C17H23N3O3. The fourth-order valence-electron chi connectivity index (χ4n) is 2.51. The first-order chi connectivity index (χ1) is 10.7. The Morgan fingerprint density at radius 1 is 1.17 bits per heavy atom. The van der Waals surface area contributed by atoms with Crippen molar-refractivity contribution in [2.75, 3.05) is 13.6 Å². The lowest BCUT2D eigenvalue weighted by Crippen LogP contribution is -2.64. The van der Waals surface area contributed by atoms with Gasteiger partial charge in [-0.25, -0.2) is 0 Å². The molecule has 1 aromatic carbocycles. The third-order valence-electron chi connectivity index (χ3n) is 3.61. The molecule has 1 aromatic rings. The second kappa shape index (κ2) is 6.40. The summed E-state index contributed by atoms with van der Waals surface area (Å²) < 4.78 is 0. The molecular weight excluding hydrogens is 294 g/mol. The van der Waals surface area contributed by atoms with Gasteiger partial charge >= 0.3 is 11.8 Å². The van der Waals surface area contributed by atoms with Crippen molar-refractivity contribution in [1.82, 2.24) is 15.1 Å². The van der Waals surface area contributed by atoms with Crippen molar-refractivity contribution in [3.8, 4) is 0 Å². The highest BCUT2D eigenvalue weighted by molar-refractivity contribution is 6.36. The molecule has 3 amide bonds. The number of likely N-dealkylation sites (N-methyl/N-ethyl adjacent to an activating group) is 1. The molecule has 0 aromatic heterocycles. The van der Waals surface area contributed by atoms with Crippen LogP contribution in [0.15, 0.2) is 30.3 Å². The van der Waals surface area contributed by atoms with Gasteiger partial charge in [-0.3, -0.25) is 14.4 Å². The van der Waals surface area contributed by atoms with Crippen LogP contribution in [0.3, 0.4) is 0 Å². The Morgan fingerprint density at radius 2 is 1.78 bits per heavy atom. The first kappa shape index (κ1) is 17.0. The lowest BCUT2D eigenvalue weighted by atomic mass is 10.0. The highest BCUT2D eigenvalue weighted by atomic mass is 16.2. The van der Waals surface area contributed by atoms with E-state index in [-0.39, 0.29) is 19.0 Å². The molecule has 1 aliphatic rings. The Morgan fingerprint density at radius 3 is 2.35 bits per heavy atom. The lowest BCUT2D eigenvalue weighted by Gasteiger charge is -2.39. The minimum atomic E-state index is -0.690. The standard InChI is InChI=1S/C17H23N3O3/c1-17(2,3)18-14(21)13-11-19(4)15(22)16(23)20(13)10-12-8-6-5-7-9-12/h5-9,13H,10-11H2,1-4H3,(H,18,21). The summed E-state index contributed by atoms with van der Waals surface area (Å²) in [4.78, 5) is 39.6. The zero-order chi connectivity index (χ0) is 17.2. The van der Waals surface area contributed by atoms with Gasteiger partial charge in [0, 0.05) is 19.1 Å². The molecule has 124 valence electrons. The van der Waals surface area contributed by atoms with E-state index in [9.17, 15) is 14.4 Å². The van der Waals surface area contributed by atoms with Crippen molar-refractivity contribution in [2.45, 2.75) is 38.9 Å². The van der Waals surface area contributed by atoms with Crippen LogP contribution in [-0.2, 0) is 20.9 Å². The van der Waals surface area contributed by atoms with Crippen LogP contribution in [0, 0.1) is 0 Å². The highest BCUT2D eigenvalue weighted by Crippen LogP contribution is 2.16. The Kier molecular flexibility index (Phi) is 4.73. The van der Waals surface area contributed by atoms with Gasteiger partial charge in [-0.15, -0.1) is 0 Å². The molecule has 1 atom stereocenters. The molecule has 0 saturated carbocycles. The van der Waals surface area contributed by atoms with Crippen molar-refractivity contribution >= 4 is 17.7 Å². The monoisotopic (exact) mass is 317 g/mol. The number of amides is 3. The zero-order valence-electron chi connectivity index (χ0n) is 14.0. The van der Waals surface area contributed by atoms with Crippen molar-refractivity contribution in [2.24, 2.45) is 0 Å². The van der Waals surface area contributed by atoms with E-state index in [0.717, 1.165) is 5.56 Å². The van der Waals surface area contributed by atoms with Gasteiger partial charge in [-0.05, 0) is 26.3 Å². The Balaban J connectivity index is 2.26. The second-order valence-corrected chi connectivity index (χ2v) is 6.86. The van der Waals surface area contributed by atoms with Crippen LogP contribution in [0.2, 0.25) is 0 Å². The molecule has 1 fully saturated rings. The first-order valence-electron chi connectivity index (χ1n) is 7.61. The van der Waals surface area contributed by atoms with Gasteiger partial charge in [0.05, 0.1) is 6.54 Å². The molecule has 0 bridgehead atoms. The van der Waals surface area contributed by atoms with Crippen LogP contribution in [0.5, 0.6) is 0 Å². The molecule has 0 aliphatic carbocycles. The predicted molar refractivity (Wildman–Crippen MR) is 86.3 cm³/mol. The SMILES string of the molecule is CN1CC(C(=O)NC(C)(C)C)N(Cc2ccccc2)C(=O)C1=O. The molecule has 1 heterocycles. The maximum absolute atomic E-state index is 12.6. The van der Waals surface area contributed by atoms with Crippen LogP contribution in [0.25, 0.3) is 0 Å². The number of hydrogen-bond acceptors (Lipinski definition) is 3. The fraction of sp³-hybridized carbons (Fsp3) is 0.471. The van der Waals surface area contributed by atoms with E-state index in [0.29, 0.717) is 0 Å². The minimum Gasteiger partial charge on any atom is -0.350 e. The van der Waals surface area contributed by atoms with E-state index >= 15 is 0 Å². The predicted octanol–water partition coefficient (Wildman–Crippen LogP) is 0.770. The van der Waals surface area contributed by atoms with Gasteiger partial charge in [0.1, 0.15) is 6.04 Å². The summed E-state index contributed by atoms with van der Waals surface area (Å²) in [5.41, 5.74) is 0.477. The van der Waals surface area contributed by atoms with Crippen LogP contribution >= 0.6 is 0 Å². The smallest absolute Gasteiger partial charge is 0.313 e. The topological polar surface area (TPSA) is 69.7 Å². The molecule has 0 spiro atoms. The number of piperazine rings is 1. The van der Waals surface area contributed by atoms with Crippen LogP contribution in [-0.4, -0.2) is 52.7 Å². The van der Waals surface area contributed by atoms with Crippen LogP contribution in [0.1, 0.15) is 26.3 Å². The number of benzene rings is 1. The van der Waals surface area contributed by atoms with Gasteiger partial charge in [0.2, 0.25) is 5.91 Å². The summed E-state index contributed by atoms with van der Waals surface area (Å²) in [6.07, 6.45) is 0. The van der Waals surface area contributed by atoms with Crippen molar-refractivity contribution in [1.29, 1.82) is 0 Å². The molecule has 1 aliphatic heterocycles. The van der Waals surface area contributed by atoms with Crippen molar-refractivity contribution in [3.05, 3.63) is 35.9 Å². The Bertz CT molecular complexity index is 607. The summed E-state index contributed by atoms with van der Waals surface area (Å²) in [7, 11) is 1.54. The van der Waals surface area contributed by atoms with E-state index in [1.807, 2.05) is 51.1 Å². The zero-order valence-corrected chi connectivity index (χ0v) is 14.0. The number of nitrogens with zero attached hydrogens (tertiary/aromatic N) is 2. The summed E-state index contributed by atoms with van der Waals surface area (Å²) in [5, 5.41) is 2.89. The fourth-order valence-corrected chi connectivity index (χ4v) is 2.51. The summed E-state index contributed by atoms with van der Waals surface area (Å²) in [6, 6.07) is 8.65. The quantitative estimate of drug-likeness (QED) is 0.837. The van der Waals surface area contributed by atoms with E-state index in [1.54, 1.807) is 0 Å². The number of nitrogens with one attached hydrogen (secondary N) is 1. The molecule has 1 N–H and O–H groups in total. The largest absolute Gasteiger partial charge is 0.350 e. The molecule has 6 nitrogen and oxygen atoms in total. The van der Waals surface area contributed by atoms with Gasteiger partial charge in [-0.2, -0.15) is 0 Å². The van der Waals surface area contributed by atoms with E-state index in [1.165, 1.54) is 16.8 Å². The number of carbonyl (C=O) groups excluding carboxylic acids is 3. The molecule has 23 heavy (non-hydrogen) atoms. The van der Waals surface area contributed by atoms with Gasteiger partial charge in [-0.1, -0.05) is 30.3 Å². The number of rotatable bonds is 3. The third kappa shape index (κ3) is 4.09. The number of carbonyl (C=O) groups is 3. The molecule has 0 radical (unpaired) electrons. The van der Waals surface area contributed by atoms with Crippen molar-refractivity contribution < 1.29 is 14.4 Å². The summed E-state index contributed by atoms with van der Waals surface area (Å²) >= 11 is 0. The molecule has 2 rings (SSSR count). The van der Waals surface area contributed by atoms with Gasteiger partial charge < -0.3 is 15.1 Å². The lowest BCUT2D eigenvalue weighted by molar-refractivity contribution is -0.161. The summed E-state index contributed by atoms with van der Waals surface area (Å²) in [6.45, 7) is 6.07.